The minimum Gasteiger partial charge on any atom is -0.480 e. The summed E-state index contributed by atoms with van der Waals surface area (Å²) in [5.74, 6) is -3.22. The predicted octanol–water partition coefficient (Wildman–Crippen LogP) is 0.583. The zero-order chi connectivity index (χ0) is 15.3. The van der Waals surface area contributed by atoms with Crippen molar-refractivity contribution < 1.29 is 23.9 Å². The van der Waals surface area contributed by atoms with E-state index < -0.39 is 29.6 Å². The molecule has 0 saturated carbocycles. The van der Waals surface area contributed by atoms with Crippen LogP contribution < -0.4 is 11.1 Å². The maximum absolute atomic E-state index is 13.3. The van der Waals surface area contributed by atoms with Gasteiger partial charge in [0, 0.05) is 12.0 Å². The fourth-order valence-electron chi connectivity index (χ4n) is 1.52. The van der Waals surface area contributed by atoms with Crippen LogP contribution in [0.3, 0.4) is 0 Å². The Labute approximate surface area is 114 Å². The van der Waals surface area contributed by atoms with Crippen LogP contribution >= 0.6 is 0 Å². The first-order valence-electron chi connectivity index (χ1n) is 5.89. The number of nitrogens with one attached hydrogen (secondary N) is 1. The van der Waals surface area contributed by atoms with Crippen molar-refractivity contribution in [2.24, 2.45) is 5.73 Å². The number of aliphatic carboxylic acids is 1. The third-order valence-corrected chi connectivity index (χ3v) is 2.72. The maximum atomic E-state index is 13.3. The molecule has 7 heteroatoms. The SMILES string of the molecule is Cc1ccc(C(=O)N[C@H](CCC(N)=O)C(=O)O)cc1F. The van der Waals surface area contributed by atoms with E-state index in [4.69, 9.17) is 10.8 Å². The number of hydrogen-bond donors (Lipinski definition) is 3. The van der Waals surface area contributed by atoms with E-state index in [1.807, 2.05) is 0 Å². The van der Waals surface area contributed by atoms with Crippen molar-refractivity contribution >= 4 is 17.8 Å². The molecule has 0 bridgehead atoms. The first kappa shape index (κ1) is 15.6. The lowest BCUT2D eigenvalue weighted by Gasteiger charge is -2.13. The summed E-state index contributed by atoms with van der Waals surface area (Å²) in [6, 6.07) is 2.58. The Balaban J connectivity index is 2.77. The summed E-state index contributed by atoms with van der Waals surface area (Å²) in [6.07, 6.45) is -0.287. The molecule has 1 aromatic carbocycles. The summed E-state index contributed by atoms with van der Waals surface area (Å²) < 4.78 is 13.3. The number of rotatable bonds is 6. The number of carbonyl (C=O) groups excluding carboxylic acids is 2. The molecule has 0 aromatic heterocycles. The number of carboxylic acids is 1. The van der Waals surface area contributed by atoms with Gasteiger partial charge in [0.15, 0.2) is 0 Å². The Morgan fingerprint density at radius 3 is 2.55 bits per heavy atom. The minimum atomic E-state index is -1.29. The molecule has 0 spiro atoms. The average Bonchev–Trinajstić information content (AvgIpc) is 2.36. The lowest BCUT2D eigenvalue weighted by Crippen LogP contribution is -2.41. The van der Waals surface area contributed by atoms with Gasteiger partial charge in [-0.15, -0.1) is 0 Å². The zero-order valence-corrected chi connectivity index (χ0v) is 10.9. The molecule has 2 amide bonds. The second kappa shape index (κ2) is 6.65. The van der Waals surface area contributed by atoms with E-state index in [-0.39, 0.29) is 18.4 Å². The molecule has 4 N–H and O–H groups in total. The van der Waals surface area contributed by atoms with Crippen LogP contribution in [0.2, 0.25) is 0 Å². The molecule has 1 atom stereocenters. The summed E-state index contributed by atoms with van der Waals surface area (Å²) >= 11 is 0. The smallest absolute Gasteiger partial charge is 0.326 e. The van der Waals surface area contributed by atoms with Gasteiger partial charge < -0.3 is 16.2 Å². The maximum Gasteiger partial charge on any atom is 0.326 e. The Hall–Kier alpha value is -2.44. The van der Waals surface area contributed by atoms with Gasteiger partial charge in [-0.1, -0.05) is 6.07 Å². The van der Waals surface area contributed by atoms with E-state index in [1.54, 1.807) is 6.92 Å². The first-order valence-corrected chi connectivity index (χ1v) is 5.89. The number of halogens is 1. The normalized spacial score (nSPS) is 11.7. The molecule has 0 aliphatic heterocycles. The van der Waals surface area contributed by atoms with Crippen molar-refractivity contribution in [2.75, 3.05) is 0 Å². The van der Waals surface area contributed by atoms with Gasteiger partial charge in [0.2, 0.25) is 5.91 Å². The molecule has 1 rings (SSSR count). The molecule has 20 heavy (non-hydrogen) atoms. The molecule has 6 nitrogen and oxygen atoms in total. The highest BCUT2D eigenvalue weighted by molar-refractivity contribution is 5.96. The molecule has 0 fully saturated rings. The largest absolute Gasteiger partial charge is 0.480 e. The second-order valence-electron chi connectivity index (χ2n) is 4.33. The summed E-state index contributed by atoms with van der Waals surface area (Å²) in [7, 11) is 0. The molecule has 0 aliphatic carbocycles. The number of primary amides is 1. The third-order valence-electron chi connectivity index (χ3n) is 2.72. The minimum absolute atomic E-state index is 0.0124. The fraction of sp³-hybridized carbons (Fsp3) is 0.308. The van der Waals surface area contributed by atoms with Crippen molar-refractivity contribution in [3.63, 3.8) is 0 Å². The van der Waals surface area contributed by atoms with Crippen LogP contribution in [0.15, 0.2) is 18.2 Å². The number of carboxylic acid groups (broad SMARTS) is 1. The van der Waals surface area contributed by atoms with E-state index in [0.717, 1.165) is 6.07 Å². The number of benzene rings is 1. The highest BCUT2D eigenvalue weighted by Gasteiger charge is 2.21. The van der Waals surface area contributed by atoms with Crippen LogP contribution in [0.5, 0.6) is 0 Å². The molecule has 0 aliphatic rings. The van der Waals surface area contributed by atoms with Crippen LogP contribution in [0, 0.1) is 12.7 Å². The predicted molar refractivity (Wildman–Crippen MR) is 68.5 cm³/mol. The molecule has 0 heterocycles. The van der Waals surface area contributed by atoms with Gasteiger partial charge in [0.1, 0.15) is 11.9 Å². The molecular weight excluding hydrogens is 267 g/mol. The molecule has 108 valence electrons. The van der Waals surface area contributed by atoms with E-state index in [0.29, 0.717) is 5.56 Å². The monoisotopic (exact) mass is 282 g/mol. The topological polar surface area (TPSA) is 109 Å². The number of nitrogens with two attached hydrogens (primary N) is 1. The van der Waals surface area contributed by atoms with Gasteiger partial charge in [0.25, 0.3) is 5.91 Å². The Kier molecular flexibility index (Phi) is 5.19. The van der Waals surface area contributed by atoms with Crippen LogP contribution in [0.4, 0.5) is 4.39 Å². The van der Waals surface area contributed by atoms with E-state index in [2.05, 4.69) is 5.32 Å². The lowest BCUT2D eigenvalue weighted by atomic mass is 10.1. The number of carbonyl (C=O) groups is 3. The summed E-state index contributed by atoms with van der Waals surface area (Å²) in [5, 5.41) is 11.2. The van der Waals surface area contributed by atoms with Crippen LogP contribution in [-0.4, -0.2) is 28.9 Å². The quantitative estimate of drug-likeness (QED) is 0.709. The summed E-state index contributed by atoms with van der Waals surface area (Å²) in [6.45, 7) is 1.55. The van der Waals surface area contributed by atoms with Gasteiger partial charge in [-0.25, -0.2) is 9.18 Å². The molecule has 0 saturated heterocycles. The fourth-order valence-corrected chi connectivity index (χ4v) is 1.52. The van der Waals surface area contributed by atoms with Crippen molar-refractivity contribution in [3.05, 3.63) is 35.1 Å². The number of aryl methyl sites for hydroxylation is 1. The van der Waals surface area contributed by atoms with Gasteiger partial charge in [-0.2, -0.15) is 0 Å². The van der Waals surface area contributed by atoms with E-state index in [1.165, 1.54) is 12.1 Å². The summed E-state index contributed by atoms with van der Waals surface area (Å²) in [5.41, 5.74) is 5.32. The second-order valence-corrected chi connectivity index (χ2v) is 4.33. The third kappa shape index (κ3) is 4.34. The van der Waals surface area contributed by atoms with Gasteiger partial charge in [0.05, 0.1) is 0 Å². The highest BCUT2D eigenvalue weighted by atomic mass is 19.1. The zero-order valence-electron chi connectivity index (χ0n) is 10.9. The Morgan fingerprint density at radius 1 is 1.40 bits per heavy atom. The van der Waals surface area contributed by atoms with E-state index in [9.17, 15) is 18.8 Å². The summed E-state index contributed by atoms with van der Waals surface area (Å²) in [4.78, 5) is 33.4. The van der Waals surface area contributed by atoms with Crippen molar-refractivity contribution in [1.82, 2.24) is 5.32 Å². The van der Waals surface area contributed by atoms with Crippen LogP contribution in [-0.2, 0) is 9.59 Å². The average molecular weight is 282 g/mol. The molecule has 1 aromatic rings. The van der Waals surface area contributed by atoms with Crippen LogP contribution in [0.1, 0.15) is 28.8 Å². The lowest BCUT2D eigenvalue weighted by molar-refractivity contribution is -0.139. The van der Waals surface area contributed by atoms with Crippen LogP contribution in [0.25, 0.3) is 0 Å². The van der Waals surface area contributed by atoms with Crippen molar-refractivity contribution in [2.45, 2.75) is 25.8 Å². The number of amides is 2. The highest BCUT2D eigenvalue weighted by Crippen LogP contribution is 2.10. The molecule has 0 unspecified atom stereocenters. The van der Waals surface area contributed by atoms with Crippen molar-refractivity contribution in [1.29, 1.82) is 0 Å². The first-order chi connectivity index (χ1) is 9.31. The Morgan fingerprint density at radius 2 is 2.05 bits per heavy atom. The van der Waals surface area contributed by atoms with Gasteiger partial charge in [-0.05, 0) is 31.0 Å². The Bertz CT molecular complexity index is 545. The molecule has 0 radical (unpaired) electrons. The van der Waals surface area contributed by atoms with Crippen molar-refractivity contribution in [3.8, 4) is 0 Å². The standard InChI is InChI=1S/C13H15FN2O4/c1-7-2-3-8(6-9(7)14)12(18)16-10(13(19)20)4-5-11(15)17/h2-3,6,10H,4-5H2,1H3,(H2,15,17)(H,16,18)(H,19,20)/t10-/m1/s1. The number of hydrogen-bond acceptors (Lipinski definition) is 3. The van der Waals surface area contributed by atoms with E-state index >= 15 is 0 Å². The molecular formula is C13H15FN2O4. The van der Waals surface area contributed by atoms with Gasteiger partial charge in [-0.3, -0.25) is 9.59 Å². The van der Waals surface area contributed by atoms with Gasteiger partial charge >= 0.3 is 5.97 Å².